The summed E-state index contributed by atoms with van der Waals surface area (Å²) in [7, 11) is -3.80. The van der Waals surface area contributed by atoms with Crippen LogP contribution in [0.2, 0.25) is 10.0 Å². The summed E-state index contributed by atoms with van der Waals surface area (Å²) in [6, 6.07) is 20.6. The van der Waals surface area contributed by atoms with Crippen molar-refractivity contribution >= 4 is 50.5 Å². The number of hydrogen-bond acceptors (Lipinski definition) is 4. The van der Waals surface area contributed by atoms with Gasteiger partial charge in [-0.3, -0.25) is 14.4 Å². The van der Waals surface area contributed by atoms with Crippen LogP contribution < -0.4 is 10.0 Å². The Hall–Kier alpha value is -2.58. The number of anilines is 2. The lowest BCUT2D eigenvalue weighted by atomic mass is 9.95. The van der Waals surface area contributed by atoms with Gasteiger partial charge in [0.1, 0.15) is 0 Å². The van der Waals surface area contributed by atoms with Gasteiger partial charge in [-0.25, -0.2) is 8.42 Å². The average molecular weight is 518 g/mol. The number of amides is 1. The first kappa shape index (κ1) is 24.5. The number of rotatable bonds is 7. The lowest BCUT2D eigenvalue weighted by molar-refractivity contribution is -0.121. The van der Waals surface area contributed by atoms with Crippen LogP contribution in [-0.4, -0.2) is 32.3 Å². The standard InChI is InChI=1S/C25H25Cl2N3O3S/c26-20-7-5-18(6-8-20)17-30-15-13-19(14-16-30)25(31)28-21-9-11-22(12-10-21)34(32,33)29-24-4-2-1-3-23(24)27/h1-12,19,29H,13-17H2,(H,28,31). The number of sulfonamides is 1. The Labute approximate surface area is 209 Å². The largest absolute Gasteiger partial charge is 0.326 e. The van der Waals surface area contributed by atoms with Gasteiger partial charge in [-0.05, 0) is 80.0 Å². The molecule has 34 heavy (non-hydrogen) atoms. The Kier molecular flexibility index (Phi) is 7.78. The zero-order valence-corrected chi connectivity index (χ0v) is 20.7. The summed E-state index contributed by atoms with van der Waals surface area (Å²) in [5.41, 5.74) is 2.07. The van der Waals surface area contributed by atoms with Crippen molar-refractivity contribution in [3.8, 4) is 0 Å². The molecule has 0 spiro atoms. The van der Waals surface area contributed by atoms with Gasteiger partial charge < -0.3 is 5.32 Å². The maximum Gasteiger partial charge on any atom is 0.261 e. The summed E-state index contributed by atoms with van der Waals surface area (Å²) >= 11 is 12.0. The lowest BCUT2D eigenvalue weighted by Crippen LogP contribution is -2.37. The van der Waals surface area contributed by atoms with Crippen molar-refractivity contribution in [3.63, 3.8) is 0 Å². The molecule has 0 bridgehead atoms. The van der Waals surface area contributed by atoms with Crippen molar-refractivity contribution in [3.05, 3.63) is 88.4 Å². The Morgan fingerprint density at radius 2 is 1.56 bits per heavy atom. The summed E-state index contributed by atoms with van der Waals surface area (Å²) in [5.74, 6) is -0.122. The van der Waals surface area contributed by atoms with E-state index in [0.717, 1.165) is 37.5 Å². The van der Waals surface area contributed by atoms with Crippen LogP contribution in [-0.2, 0) is 21.4 Å². The fourth-order valence-electron chi connectivity index (χ4n) is 3.91. The van der Waals surface area contributed by atoms with E-state index in [2.05, 4.69) is 14.9 Å². The van der Waals surface area contributed by atoms with Crippen molar-refractivity contribution < 1.29 is 13.2 Å². The van der Waals surface area contributed by atoms with E-state index in [9.17, 15) is 13.2 Å². The summed E-state index contributed by atoms with van der Waals surface area (Å²) in [6.07, 6.45) is 1.54. The average Bonchev–Trinajstić information content (AvgIpc) is 2.83. The molecule has 9 heteroatoms. The second-order valence-electron chi connectivity index (χ2n) is 8.28. The molecule has 178 valence electrons. The van der Waals surface area contributed by atoms with E-state index in [-0.39, 0.29) is 16.7 Å². The molecule has 6 nitrogen and oxygen atoms in total. The highest BCUT2D eigenvalue weighted by molar-refractivity contribution is 7.92. The van der Waals surface area contributed by atoms with E-state index in [1.165, 1.54) is 17.7 Å². The van der Waals surface area contributed by atoms with Crippen molar-refractivity contribution in [1.29, 1.82) is 0 Å². The molecule has 3 aromatic carbocycles. The molecule has 0 aromatic heterocycles. The minimum absolute atomic E-state index is 0.0454. The Bertz CT molecular complexity index is 1240. The quantitative estimate of drug-likeness (QED) is 0.424. The van der Waals surface area contributed by atoms with E-state index in [4.69, 9.17) is 23.2 Å². The van der Waals surface area contributed by atoms with E-state index in [1.54, 1.807) is 36.4 Å². The van der Waals surface area contributed by atoms with Crippen molar-refractivity contribution in [2.75, 3.05) is 23.1 Å². The van der Waals surface area contributed by atoms with Crippen LogP contribution in [0.5, 0.6) is 0 Å². The minimum atomic E-state index is -3.80. The van der Waals surface area contributed by atoms with Crippen molar-refractivity contribution in [2.24, 2.45) is 5.92 Å². The van der Waals surface area contributed by atoms with Crippen LogP contribution in [0, 0.1) is 5.92 Å². The minimum Gasteiger partial charge on any atom is -0.326 e. The molecule has 0 radical (unpaired) electrons. The molecular weight excluding hydrogens is 493 g/mol. The summed E-state index contributed by atoms with van der Waals surface area (Å²) in [4.78, 5) is 15.2. The molecule has 0 atom stereocenters. The third kappa shape index (κ3) is 6.30. The van der Waals surface area contributed by atoms with Gasteiger partial charge in [0.25, 0.3) is 10.0 Å². The van der Waals surface area contributed by atoms with Crippen LogP contribution in [0.25, 0.3) is 0 Å². The second-order valence-corrected chi connectivity index (χ2v) is 10.8. The molecule has 1 aliphatic heterocycles. The highest BCUT2D eigenvalue weighted by Crippen LogP contribution is 2.25. The molecule has 0 unspecified atom stereocenters. The molecule has 1 saturated heterocycles. The number of hydrogen-bond donors (Lipinski definition) is 2. The monoisotopic (exact) mass is 517 g/mol. The Balaban J connectivity index is 1.30. The number of benzene rings is 3. The van der Waals surface area contributed by atoms with Crippen LogP contribution >= 0.6 is 23.2 Å². The van der Waals surface area contributed by atoms with Gasteiger partial charge in [-0.2, -0.15) is 0 Å². The first-order valence-electron chi connectivity index (χ1n) is 11.0. The summed E-state index contributed by atoms with van der Waals surface area (Å²) in [5, 5.41) is 3.95. The molecule has 3 aromatic rings. The van der Waals surface area contributed by atoms with E-state index in [1.807, 2.05) is 24.3 Å². The second kappa shape index (κ2) is 10.8. The van der Waals surface area contributed by atoms with Gasteiger partial charge in [0.05, 0.1) is 15.6 Å². The van der Waals surface area contributed by atoms with Gasteiger partial charge in [0, 0.05) is 23.2 Å². The number of para-hydroxylation sites is 1. The number of piperidine rings is 1. The van der Waals surface area contributed by atoms with Crippen molar-refractivity contribution in [1.82, 2.24) is 4.90 Å². The number of nitrogens with one attached hydrogen (secondary N) is 2. The topological polar surface area (TPSA) is 78.5 Å². The molecule has 1 fully saturated rings. The number of carbonyl (C=O) groups excluding carboxylic acids is 1. The van der Waals surface area contributed by atoms with E-state index >= 15 is 0 Å². The first-order valence-corrected chi connectivity index (χ1v) is 13.2. The van der Waals surface area contributed by atoms with E-state index in [0.29, 0.717) is 16.4 Å². The molecule has 1 heterocycles. The normalized spacial score (nSPS) is 15.1. The highest BCUT2D eigenvalue weighted by atomic mass is 35.5. The van der Waals surface area contributed by atoms with Gasteiger partial charge >= 0.3 is 0 Å². The van der Waals surface area contributed by atoms with Crippen molar-refractivity contribution in [2.45, 2.75) is 24.3 Å². The summed E-state index contributed by atoms with van der Waals surface area (Å²) in [6.45, 7) is 2.51. The maximum atomic E-state index is 12.7. The smallest absolute Gasteiger partial charge is 0.261 e. The SMILES string of the molecule is O=C(Nc1ccc(S(=O)(=O)Nc2ccccc2Cl)cc1)C1CCN(Cc2ccc(Cl)cc2)CC1. The maximum absolute atomic E-state index is 12.7. The zero-order valence-electron chi connectivity index (χ0n) is 18.4. The van der Waals surface area contributed by atoms with Gasteiger partial charge in [-0.1, -0.05) is 47.5 Å². The number of nitrogens with zero attached hydrogens (tertiary/aromatic N) is 1. The van der Waals surface area contributed by atoms with Gasteiger partial charge in [0.15, 0.2) is 0 Å². The predicted molar refractivity (Wildman–Crippen MR) is 137 cm³/mol. The molecule has 2 N–H and O–H groups in total. The lowest BCUT2D eigenvalue weighted by Gasteiger charge is -2.31. The molecule has 0 aliphatic carbocycles. The molecule has 1 aliphatic rings. The highest BCUT2D eigenvalue weighted by Gasteiger charge is 2.25. The Morgan fingerprint density at radius 3 is 2.21 bits per heavy atom. The van der Waals surface area contributed by atoms with E-state index < -0.39 is 10.0 Å². The molecule has 1 amide bonds. The van der Waals surface area contributed by atoms with Gasteiger partial charge in [0.2, 0.25) is 5.91 Å². The number of likely N-dealkylation sites (tertiary alicyclic amines) is 1. The zero-order chi connectivity index (χ0) is 24.1. The first-order chi connectivity index (χ1) is 16.3. The molecular formula is C25H25Cl2N3O3S. The fraction of sp³-hybridized carbons (Fsp3) is 0.240. The predicted octanol–water partition coefficient (Wildman–Crippen LogP) is 5.64. The third-order valence-electron chi connectivity index (χ3n) is 5.83. The third-order valence-corrected chi connectivity index (χ3v) is 7.79. The molecule has 4 rings (SSSR count). The van der Waals surface area contributed by atoms with Crippen LogP contribution in [0.1, 0.15) is 18.4 Å². The summed E-state index contributed by atoms with van der Waals surface area (Å²) < 4.78 is 27.8. The van der Waals surface area contributed by atoms with Crippen LogP contribution in [0.3, 0.4) is 0 Å². The Morgan fingerprint density at radius 1 is 0.912 bits per heavy atom. The van der Waals surface area contributed by atoms with Crippen LogP contribution in [0.4, 0.5) is 11.4 Å². The number of halogens is 2. The fourth-order valence-corrected chi connectivity index (χ4v) is 5.36. The molecule has 0 saturated carbocycles. The number of carbonyl (C=O) groups is 1. The van der Waals surface area contributed by atoms with Gasteiger partial charge in [-0.15, -0.1) is 0 Å². The van der Waals surface area contributed by atoms with Crippen LogP contribution in [0.15, 0.2) is 77.7 Å².